The molecule has 0 amide bonds. The molecule has 1 aliphatic carbocycles. The summed E-state index contributed by atoms with van der Waals surface area (Å²) in [7, 11) is -4.41. The Balaban J connectivity index is 3.61. The number of rotatable bonds is 20. The molecule has 0 bridgehead atoms. The standard InChI is InChI=1S/C38H72O6Si3/c1-15-19-28-38(8,44-45(10,11)12)29-22-26-33-32(25-20-23-31(39)24-21-27-36(40)41-9)34(42-46(13,14)37(5,6)7)30-35(33)43-47(16-2,17-3)18-4/h22,26,31,33,35,39H,15-19,21,24-25,27-30H2,1-14H3. The summed E-state index contributed by atoms with van der Waals surface area (Å²) in [6, 6.07) is 3.28. The highest BCUT2D eigenvalue weighted by atomic mass is 28.4. The van der Waals surface area contributed by atoms with Gasteiger partial charge in [0.2, 0.25) is 8.32 Å². The number of carbonyl (C=O) groups is 1. The fourth-order valence-corrected chi connectivity index (χ4v) is 11.8. The third-order valence-electron chi connectivity index (χ3n) is 10.2. The lowest BCUT2D eigenvalue weighted by Crippen LogP contribution is -2.42. The zero-order valence-corrected chi connectivity index (χ0v) is 35.9. The minimum Gasteiger partial charge on any atom is -0.546 e. The smallest absolute Gasteiger partial charge is 0.305 e. The Morgan fingerprint density at radius 1 is 1.02 bits per heavy atom. The normalized spacial score (nSPS) is 19.8. The third kappa shape index (κ3) is 14.7. The molecule has 4 unspecified atom stereocenters. The summed E-state index contributed by atoms with van der Waals surface area (Å²) in [5, 5.41) is 10.7. The number of aliphatic hydroxyl groups excluding tert-OH is 1. The molecule has 0 fully saturated rings. The summed E-state index contributed by atoms with van der Waals surface area (Å²) < 4.78 is 25.9. The van der Waals surface area contributed by atoms with Gasteiger partial charge < -0.3 is 23.1 Å². The number of carbonyl (C=O) groups excluding carboxylic acids is 1. The van der Waals surface area contributed by atoms with Gasteiger partial charge >= 0.3 is 5.97 Å². The molecule has 4 atom stereocenters. The molecule has 9 heteroatoms. The molecule has 0 aliphatic heterocycles. The van der Waals surface area contributed by atoms with Gasteiger partial charge in [0.05, 0.1) is 24.6 Å². The van der Waals surface area contributed by atoms with E-state index in [9.17, 15) is 9.90 Å². The first kappa shape index (κ1) is 43.9. The van der Waals surface area contributed by atoms with Crippen molar-refractivity contribution in [3.8, 4) is 11.8 Å². The van der Waals surface area contributed by atoms with E-state index >= 15 is 0 Å². The van der Waals surface area contributed by atoms with E-state index in [1.54, 1.807) is 0 Å². The van der Waals surface area contributed by atoms with Crippen molar-refractivity contribution in [3.63, 3.8) is 0 Å². The van der Waals surface area contributed by atoms with Crippen LogP contribution in [0.2, 0.25) is 55.9 Å². The molecule has 0 aromatic carbocycles. The summed E-state index contributed by atoms with van der Waals surface area (Å²) in [5.74, 6) is 7.22. The van der Waals surface area contributed by atoms with E-state index in [0.29, 0.717) is 19.3 Å². The first-order valence-corrected chi connectivity index (χ1v) is 27.2. The van der Waals surface area contributed by atoms with Crippen LogP contribution in [0.4, 0.5) is 0 Å². The van der Waals surface area contributed by atoms with Gasteiger partial charge in [-0.05, 0) is 94.1 Å². The van der Waals surface area contributed by atoms with Crippen molar-refractivity contribution in [1.29, 1.82) is 0 Å². The first-order valence-electron chi connectivity index (χ1n) is 18.4. The van der Waals surface area contributed by atoms with Crippen molar-refractivity contribution >= 4 is 30.9 Å². The van der Waals surface area contributed by atoms with E-state index in [0.717, 1.165) is 56.0 Å². The molecule has 0 aromatic heterocycles. The molecule has 47 heavy (non-hydrogen) atoms. The van der Waals surface area contributed by atoms with Gasteiger partial charge in [0.25, 0.3) is 0 Å². The van der Waals surface area contributed by atoms with Crippen LogP contribution < -0.4 is 0 Å². The molecule has 0 saturated carbocycles. The van der Waals surface area contributed by atoms with Crippen molar-refractivity contribution in [2.75, 3.05) is 7.11 Å². The van der Waals surface area contributed by atoms with Crippen LogP contribution in [0.3, 0.4) is 0 Å². The van der Waals surface area contributed by atoms with Crippen molar-refractivity contribution in [2.24, 2.45) is 5.92 Å². The zero-order chi connectivity index (χ0) is 36.1. The van der Waals surface area contributed by atoms with Crippen LogP contribution in [0.1, 0.15) is 113 Å². The van der Waals surface area contributed by atoms with Crippen LogP contribution in [-0.2, 0) is 22.8 Å². The van der Waals surface area contributed by atoms with Crippen LogP contribution in [0.15, 0.2) is 23.5 Å². The molecule has 1 aliphatic rings. The second-order valence-corrected chi connectivity index (χ2v) is 30.2. The van der Waals surface area contributed by atoms with Crippen molar-refractivity contribution in [3.05, 3.63) is 23.5 Å². The summed E-state index contributed by atoms with van der Waals surface area (Å²) in [6.45, 7) is 29.7. The maximum absolute atomic E-state index is 11.5. The number of hydrogen-bond acceptors (Lipinski definition) is 6. The van der Waals surface area contributed by atoms with Gasteiger partial charge in [-0.25, -0.2) is 0 Å². The topological polar surface area (TPSA) is 74.2 Å². The monoisotopic (exact) mass is 708 g/mol. The Morgan fingerprint density at radius 3 is 2.15 bits per heavy atom. The van der Waals surface area contributed by atoms with Crippen LogP contribution in [0, 0.1) is 17.8 Å². The van der Waals surface area contributed by atoms with Crippen molar-refractivity contribution in [1.82, 2.24) is 0 Å². The van der Waals surface area contributed by atoms with E-state index in [-0.39, 0.29) is 35.1 Å². The van der Waals surface area contributed by atoms with Gasteiger partial charge in [0.15, 0.2) is 16.6 Å². The number of aliphatic hydroxyl groups is 1. The molecular formula is C38H72O6Si3. The lowest BCUT2D eigenvalue weighted by atomic mass is 9.92. The molecule has 0 aromatic rings. The Kier molecular flexibility index (Phi) is 18.0. The van der Waals surface area contributed by atoms with E-state index in [2.05, 4.69) is 112 Å². The van der Waals surface area contributed by atoms with Gasteiger partial charge in [-0.15, -0.1) is 0 Å². The van der Waals surface area contributed by atoms with E-state index < -0.39 is 31.1 Å². The molecule has 272 valence electrons. The van der Waals surface area contributed by atoms with E-state index in [1.807, 2.05) is 0 Å². The van der Waals surface area contributed by atoms with Gasteiger partial charge in [0.1, 0.15) is 6.10 Å². The van der Waals surface area contributed by atoms with Gasteiger partial charge in [-0.3, -0.25) is 4.79 Å². The maximum Gasteiger partial charge on any atom is 0.305 e. The molecule has 6 nitrogen and oxygen atoms in total. The van der Waals surface area contributed by atoms with Crippen LogP contribution in [0.5, 0.6) is 0 Å². The number of unbranched alkanes of at least 4 members (excludes halogenated alkanes) is 1. The number of esters is 1. The van der Waals surface area contributed by atoms with Gasteiger partial charge in [-0.1, -0.05) is 85.3 Å². The Morgan fingerprint density at radius 2 is 1.64 bits per heavy atom. The summed E-state index contributed by atoms with van der Waals surface area (Å²) in [5.41, 5.74) is 0.997. The minimum atomic E-state index is -2.13. The molecular weight excluding hydrogens is 637 g/mol. The zero-order valence-electron chi connectivity index (χ0n) is 32.9. The summed E-state index contributed by atoms with van der Waals surface area (Å²) in [4.78, 5) is 11.5. The molecule has 1 N–H and O–H groups in total. The van der Waals surface area contributed by atoms with Crippen LogP contribution in [-0.4, -0.2) is 60.9 Å². The second-order valence-electron chi connectivity index (χ2n) is 16.3. The molecule has 0 radical (unpaired) electrons. The Bertz CT molecular complexity index is 1080. The summed E-state index contributed by atoms with van der Waals surface area (Å²) >= 11 is 0. The van der Waals surface area contributed by atoms with Crippen molar-refractivity contribution in [2.45, 2.75) is 187 Å². The second kappa shape index (κ2) is 19.3. The van der Waals surface area contributed by atoms with E-state index in [4.69, 9.17) is 18.0 Å². The van der Waals surface area contributed by atoms with E-state index in [1.165, 1.54) is 12.7 Å². The summed E-state index contributed by atoms with van der Waals surface area (Å²) in [6.07, 6.45) is 10.7. The lowest BCUT2D eigenvalue weighted by Gasteiger charge is -2.37. The average molecular weight is 709 g/mol. The van der Waals surface area contributed by atoms with Gasteiger partial charge in [0, 0.05) is 25.2 Å². The van der Waals surface area contributed by atoms with Crippen molar-refractivity contribution < 1.29 is 27.9 Å². The van der Waals surface area contributed by atoms with Gasteiger partial charge in [-0.2, -0.15) is 0 Å². The molecule has 1 rings (SSSR count). The fourth-order valence-electron chi connectivity index (χ4n) is 6.14. The highest BCUT2D eigenvalue weighted by Crippen LogP contribution is 2.45. The van der Waals surface area contributed by atoms with Crippen LogP contribution >= 0.6 is 0 Å². The highest BCUT2D eigenvalue weighted by molar-refractivity contribution is 6.74. The SMILES string of the molecule is CCCCC(C)(CC=CC1C(CC#CC(O)CCCC(=O)OC)=C(O[Si](C)(C)C(C)(C)C)CC1O[Si](CC)(CC)CC)O[Si](C)(C)C. The largest absolute Gasteiger partial charge is 0.546 e. The maximum atomic E-state index is 11.5. The number of methoxy groups -OCH3 is 1. The lowest BCUT2D eigenvalue weighted by molar-refractivity contribution is -0.140. The molecule has 0 heterocycles. The Labute approximate surface area is 293 Å². The predicted octanol–water partition coefficient (Wildman–Crippen LogP) is 10.5. The quantitative estimate of drug-likeness (QED) is 0.0587. The molecule has 0 saturated heterocycles. The first-order chi connectivity index (χ1) is 21.7. The third-order valence-corrected chi connectivity index (χ3v) is 20.3. The Hall–Kier alpha value is -1.16. The average Bonchev–Trinajstić information content (AvgIpc) is 3.27. The number of ether oxygens (including phenoxy) is 1. The van der Waals surface area contributed by atoms with Crippen LogP contribution in [0.25, 0.3) is 0 Å². The highest BCUT2D eigenvalue weighted by Gasteiger charge is 2.45. The predicted molar refractivity (Wildman–Crippen MR) is 206 cm³/mol. The fraction of sp³-hybridized carbons (Fsp3) is 0.816. The minimum absolute atomic E-state index is 0.0131. The molecule has 0 spiro atoms. The number of hydrogen-bond donors (Lipinski definition) is 1.